The third-order valence-electron chi connectivity index (χ3n) is 3.09. The monoisotopic (exact) mass is 321 g/mol. The maximum Gasteiger partial charge on any atom is 0.228 e. The van der Waals surface area contributed by atoms with Crippen molar-refractivity contribution in [1.82, 2.24) is 0 Å². The van der Waals surface area contributed by atoms with Gasteiger partial charge >= 0.3 is 0 Å². The molecule has 0 aliphatic heterocycles. The molecule has 0 bridgehead atoms. The van der Waals surface area contributed by atoms with Crippen molar-refractivity contribution in [2.75, 3.05) is 11.2 Å². The molecule has 2 aromatic carbocycles. The van der Waals surface area contributed by atoms with Crippen LogP contribution in [0.5, 0.6) is 0 Å². The molecule has 1 amide bonds. The van der Waals surface area contributed by atoms with Crippen LogP contribution < -0.4 is 5.32 Å². The van der Waals surface area contributed by atoms with Gasteiger partial charge in [0, 0.05) is 16.6 Å². The number of alkyl halides is 1. The summed E-state index contributed by atoms with van der Waals surface area (Å²) in [5, 5.41) is 3.59. The molecule has 0 aromatic heterocycles. The van der Waals surface area contributed by atoms with Crippen LogP contribution in [0.1, 0.15) is 17.5 Å². The Hall–Kier alpha value is -1.51. The van der Waals surface area contributed by atoms with Crippen molar-refractivity contribution < 1.29 is 4.79 Å². The van der Waals surface area contributed by atoms with E-state index in [-0.39, 0.29) is 5.91 Å². The molecule has 0 unspecified atom stereocenters. The van der Waals surface area contributed by atoms with Crippen LogP contribution in [0.15, 0.2) is 48.5 Å². The molecule has 0 fully saturated rings. The Morgan fingerprint density at radius 3 is 2.52 bits per heavy atom. The fourth-order valence-corrected chi connectivity index (χ4v) is 2.33. The van der Waals surface area contributed by atoms with Crippen molar-refractivity contribution in [3.05, 3.63) is 64.7 Å². The van der Waals surface area contributed by atoms with E-state index in [1.165, 1.54) is 5.56 Å². The normalized spacial score (nSPS) is 10.4. The van der Waals surface area contributed by atoms with Gasteiger partial charge in [0.25, 0.3) is 0 Å². The molecule has 2 aromatic rings. The van der Waals surface area contributed by atoms with Crippen LogP contribution in [0.25, 0.3) is 0 Å². The largest absolute Gasteiger partial charge is 0.326 e. The lowest BCUT2D eigenvalue weighted by atomic mass is 10.1. The van der Waals surface area contributed by atoms with E-state index < -0.39 is 0 Å². The number of amides is 1. The topological polar surface area (TPSA) is 29.1 Å². The van der Waals surface area contributed by atoms with E-state index in [1.807, 2.05) is 36.4 Å². The SMILES string of the molecule is O=C(Cc1ccc(Cl)cc1)Nc1cccc(CCCCl)c1. The fraction of sp³-hybridized carbons (Fsp3) is 0.235. The van der Waals surface area contributed by atoms with Crippen LogP contribution in [0.3, 0.4) is 0 Å². The second-order valence-electron chi connectivity index (χ2n) is 4.84. The average molecular weight is 322 g/mol. The molecule has 1 N–H and O–H groups in total. The van der Waals surface area contributed by atoms with Gasteiger partial charge in [0.1, 0.15) is 0 Å². The standard InChI is InChI=1S/C17H17Cl2NO/c18-10-2-4-13-3-1-5-16(11-13)20-17(21)12-14-6-8-15(19)9-7-14/h1,3,5-9,11H,2,4,10,12H2,(H,20,21). The first-order chi connectivity index (χ1) is 10.2. The lowest BCUT2D eigenvalue weighted by Gasteiger charge is -2.07. The van der Waals surface area contributed by atoms with Crippen molar-refractivity contribution in [2.24, 2.45) is 0 Å². The first kappa shape index (κ1) is 15.9. The van der Waals surface area contributed by atoms with Crippen LogP contribution in [-0.4, -0.2) is 11.8 Å². The summed E-state index contributed by atoms with van der Waals surface area (Å²) in [4.78, 5) is 12.0. The highest BCUT2D eigenvalue weighted by molar-refractivity contribution is 6.30. The van der Waals surface area contributed by atoms with Gasteiger partial charge in [0.2, 0.25) is 5.91 Å². The Labute approximate surface area is 135 Å². The van der Waals surface area contributed by atoms with Gasteiger partial charge < -0.3 is 5.32 Å². The van der Waals surface area contributed by atoms with E-state index in [4.69, 9.17) is 23.2 Å². The Kier molecular flexibility index (Phi) is 6.09. The van der Waals surface area contributed by atoms with Gasteiger partial charge in [0.15, 0.2) is 0 Å². The summed E-state index contributed by atoms with van der Waals surface area (Å²) in [6.07, 6.45) is 2.19. The molecular formula is C17H17Cl2NO. The molecule has 0 heterocycles. The number of benzene rings is 2. The third-order valence-corrected chi connectivity index (χ3v) is 3.61. The maximum absolute atomic E-state index is 12.0. The fourth-order valence-electron chi connectivity index (χ4n) is 2.07. The van der Waals surface area contributed by atoms with Crippen molar-refractivity contribution >= 4 is 34.8 Å². The van der Waals surface area contributed by atoms with E-state index in [2.05, 4.69) is 5.32 Å². The molecule has 0 radical (unpaired) electrons. The summed E-state index contributed by atoms with van der Waals surface area (Å²) in [6, 6.07) is 15.2. The van der Waals surface area contributed by atoms with Gasteiger partial charge in [-0.3, -0.25) is 4.79 Å². The summed E-state index contributed by atoms with van der Waals surface area (Å²) in [6.45, 7) is 0. The smallest absolute Gasteiger partial charge is 0.228 e. The highest BCUT2D eigenvalue weighted by Crippen LogP contribution is 2.14. The number of aryl methyl sites for hydroxylation is 1. The van der Waals surface area contributed by atoms with Gasteiger partial charge in [-0.05, 0) is 48.2 Å². The molecule has 21 heavy (non-hydrogen) atoms. The molecule has 0 saturated heterocycles. The second kappa shape index (κ2) is 8.06. The molecule has 110 valence electrons. The minimum absolute atomic E-state index is 0.0354. The van der Waals surface area contributed by atoms with Crippen LogP contribution in [-0.2, 0) is 17.6 Å². The lowest BCUT2D eigenvalue weighted by Crippen LogP contribution is -2.14. The van der Waals surface area contributed by atoms with Crippen molar-refractivity contribution in [3.8, 4) is 0 Å². The summed E-state index contributed by atoms with van der Waals surface area (Å²) in [7, 11) is 0. The van der Waals surface area contributed by atoms with Crippen molar-refractivity contribution in [3.63, 3.8) is 0 Å². The molecule has 0 aliphatic carbocycles. The van der Waals surface area contributed by atoms with E-state index in [1.54, 1.807) is 12.1 Å². The highest BCUT2D eigenvalue weighted by atomic mass is 35.5. The predicted molar refractivity (Wildman–Crippen MR) is 89.3 cm³/mol. The number of halogens is 2. The predicted octanol–water partition coefficient (Wildman–Crippen LogP) is 4.69. The Morgan fingerprint density at radius 2 is 1.81 bits per heavy atom. The van der Waals surface area contributed by atoms with Crippen molar-refractivity contribution in [1.29, 1.82) is 0 Å². The number of rotatable bonds is 6. The molecule has 2 nitrogen and oxygen atoms in total. The Balaban J connectivity index is 1.94. The van der Waals surface area contributed by atoms with Gasteiger partial charge in [-0.1, -0.05) is 35.9 Å². The number of carbonyl (C=O) groups is 1. The van der Waals surface area contributed by atoms with Crippen LogP contribution >= 0.6 is 23.2 Å². The molecule has 4 heteroatoms. The minimum atomic E-state index is -0.0354. The molecule has 0 saturated carbocycles. The Morgan fingerprint density at radius 1 is 1.05 bits per heavy atom. The first-order valence-corrected chi connectivity index (χ1v) is 7.78. The average Bonchev–Trinajstić information content (AvgIpc) is 2.48. The molecule has 0 aliphatic rings. The minimum Gasteiger partial charge on any atom is -0.326 e. The van der Waals surface area contributed by atoms with E-state index in [0.717, 1.165) is 24.1 Å². The van der Waals surface area contributed by atoms with Gasteiger partial charge in [-0.25, -0.2) is 0 Å². The first-order valence-electron chi connectivity index (χ1n) is 6.86. The molecule has 0 atom stereocenters. The van der Waals surface area contributed by atoms with E-state index in [0.29, 0.717) is 17.3 Å². The van der Waals surface area contributed by atoms with Crippen molar-refractivity contribution in [2.45, 2.75) is 19.3 Å². The van der Waals surface area contributed by atoms with E-state index in [9.17, 15) is 4.79 Å². The molecule has 0 spiro atoms. The maximum atomic E-state index is 12.0. The van der Waals surface area contributed by atoms with E-state index >= 15 is 0 Å². The number of carbonyl (C=O) groups excluding carboxylic acids is 1. The van der Waals surface area contributed by atoms with Gasteiger partial charge in [0.05, 0.1) is 6.42 Å². The summed E-state index contributed by atoms with van der Waals surface area (Å²) >= 11 is 11.5. The number of hydrogen-bond acceptors (Lipinski definition) is 1. The van der Waals surface area contributed by atoms with Gasteiger partial charge in [-0.15, -0.1) is 11.6 Å². The summed E-state index contributed by atoms with van der Waals surface area (Å²) in [5.41, 5.74) is 2.94. The summed E-state index contributed by atoms with van der Waals surface area (Å²) < 4.78 is 0. The quantitative estimate of drug-likeness (QED) is 0.768. The Bertz CT molecular complexity index is 596. The van der Waals surface area contributed by atoms with Crippen LogP contribution in [0, 0.1) is 0 Å². The molecular weight excluding hydrogens is 305 g/mol. The lowest BCUT2D eigenvalue weighted by molar-refractivity contribution is -0.115. The summed E-state index contributed by atoms with van der Waals surface area (Å²) in [5.74, 6) is 0.611. The third kappa shape index (κ3) is 5.41. The zero-order valence-electron chi connectivity index (χ0n) is 11.6. The van der Waals surface area contributed by atoms with Crippen LogP contribution in [0.2, 0.25) is 5.02 Å². The zero-order valence-corrected chi connectivity index (χ0v) is 13.1. The second-order valence-corrected chi connectivity index (χ2v) is 5.66. The van der Waals surface area contributed by atoms with Crippen LogP contribution in [0.4, 0.5) is 5.69 Å². The highest BCUT2D eigenvalue weighted by Gasteiger charge is 2.05. The number of anilines is 1. The number of nitrogens with one attached hydrogen (secondary N) is 1. The number of hydrogen-bond donors (Lipinski definition) is 1. The van der Waals surface area contributed by atoms with Gasteiger partial charge in [-0.2, -0.15) is 0 Å². The zero-order chi connectivity index (χ0) is 15.1. The molecule has 2 rings (SSSR count).